The first-order chi connectivity index (χ1) is 8.60. The lowest BCUT2D eigenvalue weighted by Gasteiger charge is -2.36. The fourth-order valence-electron chi connectivity index (χ4n) is 2.29. The van der Waals surface area contributed by atoms with Crippen molar-refractivity contribution in [2.45, 2.75) is 51.1 Å². The molecule has 0 radical (unpaired) electrons. The molecule has 6 nitrogen and oxygen atoms in total. The molecule has 1 rings (SSSR count). The molecular weight excluding hydrogens is 236 g/mol. The highest BCUT2D eigenvalue weighted by molar-refractivity contribution is 5.82. The number of amides is 2. The van der Waals surface area contributed by atoms with E-state index in [4.69, 9.17) is 10.2 Å². The Kier molecular flexibility index (Phi) is 5.91. The number of hydrogen-bond donors (Lipinski definition) is 3. The quantitative estimate of drug-likeness (QED) is 0.680. The Morgan fingerprint density at radius 1 is 1.44 bits per heavy atom. The Morgan fingerprint density at radius 2 is 2.17 bits per heavy atom. The summed E-state index contributed by atoms with van der Waals surface area (Å²) in [6.45, 7) is 2.40. The summed E-state index contributed by atoms with van der Waals surface area (Å²) in [5.41, 5.74) is 0. The number of carboxylic acids is 1. The van der Waals surface area contributed by atoms with Crippen LogP contribution in [0.15, 0.2) is 0 Å². The number of nitrogens with zero attached hydrogens (tertiary/aromatic N) is 1. The number of aliphatic carboxylic acids is 1. The van der Waals surface area contributed by atoms with Crippen LogP contribution in [0.25, 0.3) is 0 Å². The fraction of sp³-hybridized carbons (Fsp3) is 0.833. The molecule has 1 saturated heterocycles. The summed E-state index contributed by atoms with van der Waals surface area (Å²) in [7, 11) is 0. The minimum atomic E-state index is -1.01. The molecule has 0 aromatic carbocycles. The zero-order chi connectivity index (χ0) is 13.5. The maximum atomic E-state index is 12.0. The SMILES string of the molecule is CC[C@@H](NC(=O)N1CCCCC1CCO)C(=O)O. The minimum absolute atomic E-state index is 0.0232. The number of likely N-dealkylation sites (tertiary alicyclic amines) is 1. The number of urea groups is 1. The molecule has 1 aliphatic rings. The molecular formula is C12H22N2O4. The van der Waals surface area contributed by atoms with Gasteiger partial charge in [0.05, 0.1) is 0 Å². The van der Waals surface area contributed by atoms with Crippen molar-refractivity contribution >= 4 is 12.0 Å². The monoisotopic (exact) mass is 258 g/mol. The van der Waals surface area contributed by atoms with Gasteiger partial charge in [0.2, 0.25) is 0 Å². The predicted molar refractivity (Wildman–Crippen MR) is 66.3 cm³/mol. The van der Waals surface area contributed by atoms with Crippen LogP contribution in [0.3, 0.4) is 0 Å². The molecule has 0 aliphatic carbocycles. The molecule has 1 unspecified atom stereocenters. The van der Waals surface area contributed by atoms with E-state index in [-0.39, 0.29) is 18.7 Å². The molecule has 18 heavy (non-hydrogen) atoms. The van der Waals surface area contributed by atoms with Gasteiger partial charge in [0.25, 0.3) is 0 Å². The van der Waals surface area contributed by atoms with Gasteiger partial charge in [-0.25, -0.2) is 9.59 Å². The molecule has 0 aromatic heterocycles. The maximum Gasteiger partial charge on any atom is 0.326 e. The Balaban J connectivity index is 2.59. The lowest BCUT2D eigenvalue weighted by molar-refractivity contribution is -0.139. The van der Waals surface area contributed by atoms with Crippen LogP contribution in [-0.2, 0) is 4.79 Å². The van der Waals surface area contributed by atoms with Crippen LogP contribution in [0, 0.1) is 0 Å². The van der Waals surface area contributed by atoms with Crippen molar-refractivity contribution in [2.75, 3.05) is 13.2 Å². The lowest BCUT2D eigenvalue weighted by Crippen LogP contribution is -2.53. The molecule has 2 amide bonds. The standard InChI is InChI=1S/C12H22N2O4/c1-2-10(11(16)17)13-12(18)14-7-4-3-5-9(14)6-8-15/h9-10,15H,2-8H2,1H3,(H,13,18)(H,16,17)/t9?,10-/m1/s1. The van der Waals surface area contributed by atoms with Crippen molar-refractivity contribution < 1.29 is 19.8 Å². The van der Waals surface area contributed by atoms with Gasteiger partial charge in [-0.3, -0.25) is 0 Å². The predicted octanol–water partition coefficient (Wildman–Crippen LogP) is 0.796. The number of hydrogen-bond acceptors (Lipinski definition) is 3. The highest BCUT2D eigenvalue weighted by Gasteiger charge is 2.28. The van der Waals surface area contributed by atoms with Gasteiger partial charge in [-0.05, 0) is 32.1 Å². The van der Waals surface area contributed by atoms with Crippen molar-refractivity contribution in [1.29, 1.82) is 0 Å². The van der Waals surface area contributed by atoms with E-state index in [0.717, 1.165) is 19.3 Å². The second-order valence-corrected chi connectivity index (χ2v) is 4.60. The second kappa shape index (κ2) is 7.20. The first kappa shape index (κ1) is 14.8. The van der Waals surface area contributed by atoms with Gasteiger partial charge in [0.1, 0.15) is 6.04 Å². The van der Waals surface area contributed by atoms with Gasteiger partial charge >= 0.3 is 12.0 Å². The average molecular weight is 258 g/mol. The van der Waals surface area contributed by atoms with Crippen LogP contribution >= 0.6 is 0 Å². The Bertz CT molecular complexity index is 294. The number of carbonyl (C=O) groups is 2. The van der Waals surface area contributed by atoms with Crippen molar-refractivity contribution in [1.82, 2.24) is 10.2 Å². The molecule has 6 heteroatoms. The van der Waals surface area contributed by atoms with Crippen LogP contribution < -0.4 is 5.32 Å². The van der Waals surface area contributed by atoms with Crippen LogP contribution in [0.2, 0.25) is 0 Å². The summed E-state index contributed by atoms with van der Waals surface area (Å²) < 4.78 is 0. The molecule has 0 aromatic rings. The zero-order valence-electron chi connectivity index (χ0n) is 10.8. The number of aliphatic hydroxyl groups excluding tert-OH is 1. The third kappa shape index (κ3) is 3.87. The summed E-state index contributed by atoms with van der Waals surface area (Å²) in [5, 5.41) is 20.4. The van der Waals surface area contributed by atoms with E-state index in [0.29, 0.717) is 19.4 Å². The third-order valence-corrected chi connectivity index (χ3v) is 3.35. The fourth-order valence-corrected chi connectivity index (χ4v) is 2.29. The number of piperidine rings is 1. The Labute approximate surface area is 107 Å². The molecule has 1 heterocycles. The summed E-state index contributed by atoms with van der Waals surface area (Å²) in [6.07, 6.45) is 3.76. The molecule has 0 bridgehead atoms. The summed E-state index contributed by atoms with van der Waals surface area (Å²) in [5.74, 6) is -1.01. The molecule has 0 saturated carbocycles. The molecule has 2 atom stereocenters. The van der Waals surface area contributed by atoms with Gasteiger partial charge in [-0.1, -0.05) is 6.92 Å². The third-order valence-electron chi connectivity index (χ3n) is 3.35. The van der Waals surface area contributed by atoms with E-state index >= 15 is 0 Å². The first-order valence-corrected chi connectivity index (χ1v) is 6.51. The van der Waals surface area contributed by atoms with Crippen molar-refractivity contribution in [3.63, 3.8) is 0 Å². The van der Waals surface area contributed by atoms with Crippen molar-refractivity contribution in [3.8, 4) is 0 Å². The normalized spacial score (nSPS) is 21.4. The van der Waals surface area contributed by atoms with Gasteiger partial charge in [-0.15, -0.1) is 0 Å². The zero-order valence-corrected chi connectivity index (χ0v) is 10.8. The van der Waals surface area contributed by atoms with Gasteiger partial charge < -0.3 is 20.4 Å². The molecule has 1 fully saturated rings. The Hall–Kier alpha value is -1.30. The number of carboxylic acid groups (broad SMARTS) is 1. The number of aliphatic hydroxyl groups is 1. The van der Waals surface area contributed by atoms with Crippen molar-refractivity contribution in [3.05, 3.63) is 0 Å². The average Bonchev–Trinajstić information content (AvgIpc) is 2.36. The van der Waals surface area contributed by atoms with Crippen LogP contribution in [0.1, 0.15) is 39.0 Å². The first-order valence-electron chi connectivity index (χ1n) is 6.51. The topological polar surface area (TPSA) is 89.9 Å². The number of rotatable bonds is 5. The highest BCUT2D eigenvalue weighted by Crippen LogP contribution is 2.19. The van der Waals surface area contributed by atoms with Gasteiger partial charge in [0.15, 0.2) is 0 Å². The Morgan fingerprint density at radius 3 is 2.72 bits per heavy atom. The van der Waals surface area contributed by atoms with Crippen molar-refractivity contribution in [2.24, 2.45) is 0 Å². The van der Waals surface area contributed by atoms with E-state index in [1.807, 2.05) is 0 Å². The van der Waals surface area contributed by atoms with E-state index in [9.17, 15) is 9.59 Å². The molecule has 0 spiro atoms. The molecule has 3 N–H and O–H groups in total. The number of carbonyl (C=O) groups excluding carboxylic acids is 1. The molecule has 1 aliphatic heterocycles. The maximum absolute atomic E-state index is 12.0. The highest BCUT2D eigenvalue weighted by atomic mass is 16.4. The van der Waals surface area contributed by atoms with E-state index in [2.05, 4.69) is 5.32 Å². The number of nitrogens with one attached hydrogen (secondary N) is 1. The summed E-state index contributed by atoms with van der Waals surface area (Å²) in [4.78, 5) is 24.6. The lowest BCUT2D eigenvalue weighted by atomic mass is 10.00. The van der Waals surface area contributed by atoms with Crippen LogP contribution in [0.4, 0.5) is 4.79 Å². The smallest absolute Gasteiger partial charge is 0.326 e. The van der Waals surface area contributed by atoms with E-state index in [1.54, 1.807) is 11.8 Å². The van der Waals surface area contributed by atoms with E-state index in [1.165, 1.54) is 0 Å². The van der Waals surface area contributed by atoms with Gasteiger partial charge in [-0.2, -0.15) is 0 Å². The summed E-state index contributed by atoms with van der Waals surface area (Å²) in [6, 6.07) is -1.15. The van der Waals surface area contributed by atoms with Crippen LogP contribution in [-0.4, -0.2) is 52.3 Å². The van der Waals surface area contributed by atoms with E-state index < -0.39 is 12.0 Å². The van der Waals surface area contributed by atoms with Crippen LogP contribution in [0.5, 0.6) is 0 Å². The molecule has 104 valence electrons. The largest absolute Gasteiger partial charge is 0.480 e. The summed E-state index contributed by atoms with van der Waals surface area (Å²) >= 11 is 0. The second-order valence-electron chi connectivity index (χ2n) is 4.60. The minimum Gasteiger partial charge on any atom is -0.480 e. The van der Waals surface area contributed by atoms with Gasteiger partial charge in [0, 0.05) is 19.2 Å².